The fourth-order valence-electron chi connectivity index (χ4n) is 2.02. The molecule has 0 saturated heterocycles. The SMILES string of the molecule is CCn1cc(CCNC)c2c(O)cncc21. The molecular weight excluding hydrogens is 202 g/mol. The zero-order valence-corrected chi connectivity index (χ0v) is 9.70. The van der Waals surface area contributed by atoms with Gasteiger partial charge < -0.3 is 15.0 Å². The lowest BCUT2D eigenvalue weighted by molar-refractivity contribution is 0.479. The van der Waals surface area contributed by atoms with Crippen molar-refractivity contribution in [2.75, 3.05) is 13.6 Å². The molecule has 2 N–H and O–H groups in total. The van der Waals surface area contributed by atoms with E-state index < -0.39 is 0 Å². The Hall–Kier alpha value is -1.55. The van der Waals surface area contributed by atoms with Crippen molar-refractivity contribution >= 4 is 10.9 Å². The van der Waals surface area contributed by atoms with Gasteiger partial charge >= 0.3 is 0 Å². The average Bonchev–Trinajstić information content (AvgIpc) is 2.66. The third kappa shape index (κ3) is 1.76. The molecule has 0 aromatic carbocycles. The standard InChI is InChI=1S/C12H17N3O/c1-3-15-8-9(4-5-13-2)12-10(15)6-14-7-11(12)16/h6-8,13,16H,3-5H2,1-2H3. The van der Waals surface area contributed by atoms with Crippen molar-refractivity contribution in [2.24, 2.45) is 0 Å². The van der Waals surface area contributed by atoms with Crippen molar-refractivity contribution < 1.29 is 5.11 Å². The van der Waals surface area contributed by atoms with Crippen LogP contribution in [0.25, 0.3) is 10.9 Å². The Balaban J connectivity index is 2.55. The zero-order chi connectivity index (χ0) is 11.5. The van der Waals surface area contributed by atoms with E-state index in [-0.39, 0.29) is 5.75 Å². The summed E-state index contributed by atoms with van der Waals surface area (Å²) in [6.07, 6.45) is 6.33. The molecule has 2 aromatic heterocycles. The van der Waals surface area contributed by atoms with Gasteiger partial charge in [-0.2, -0.15) is 0 Å². The van der Waals surface area contributed by atoms with Gasteiger partial charge in [-0.1, -0.05) is 0 Å². The van der Waals surface area contributed by atoms with E-state index in [0.29, 0.717) is 0 Å². The molecule has 16 heavy (non-hydrogen) atoms. The van der Waals surface area contributed by atoms with Crippen LogP contribution in [-0.2, 0) is 13.0 Å². The van der Waals surface area contributed by atoms with Crippen LogP contribution in [0.4, 0.5) is 0 Å². The molecule has 0 aliphatic rings. The van der Waals surface area contributed by atoms with Crippen LogP contribution in [0.3, 0.4) is 0 Å². The Morgan fingerprint density at radius 3 is 2.94 bits per heavy atom. The van der Waals surface area contributed by atoms with Gasteiger partial charge in [0, 0.05) is 18.1 Å². The first-order valence-corrected chi connectivity index (χ1v) is 5.57. The molecule has 0 aliphatic carbocycles. The smallest absolute Gasteiger partial charge is 0.143 e. The number of aromatic nitrogens is 2. The molecule has 0 amide bonds. The minimum atomic E-state index is 0.274. The number of pyridine rings is 1. The number of nitrogens with one attached hydrogen (secondary N) is 1. The number of fused-ring (bicyclic) bond motifs is 1. The summed E-state index contributed by atoms with van der Waals surface area (Å²) >= 11 is 0. The largest absolute Gasteiger partial charge is 0.506 e. The molecule has 4 nitrogen and oxygen atoms in total. The number of likely N-dealkylation sites (N-methyl/N-ethyl adjacent to an activating group) is 1. The van der Waals surface area contributed by atoms with E-state index in [2.05, 4.69) is 28.0 Å². The summed E-state index contributed by atoms with van der Waals surface area (Å²) in [6, 6.07) is 0. The highest BCUT2D eigenvalue weighted by Gasteiger charge is 2.11. The number of nitrogens with zero attached hydrogens (tertiary/aromatic N) is 2. The van der Waals surface area contributed by atoms with E-state index in [0.717, 1.165) is 30.4 Å². The number of aryl methyl sites for hydroxylation is 1. The Morgan fingerprint density at radius 1 is 1.44 bits per heavy atom. The summed E-state index contributed by atoms with van der Waals surface area (Å²) in [7, 11) is 1.93. The highest BCUT2D eigenvalue weighted by atomic mass is 16.3. The van der Waals surface area contributed by atoms with Crippen molar-refractivity contribution in [3.05, 3.63) is 24.2 Å². The van der Waals surface area contributed by atoms with Gasteiger partial charge in [0.2, 0.25) is 0 Å². The second kappa shape index (κ2) is 4.53. The lowest BCUT2D eigenvalue weighted by Gasteiger charge is -2.00. The third-order valence-electron chi connectivity index (χ3n) is 2.83. The molecule has 4 heteroatoms. The van der Waals surface area contributed by atoms with E-state index in [9.17, 15) is 5.11 Å². The normalized spacial score (nSPS) is 11.1. The fourth-order valence-corrected chi connectivity index (χ4v) is 2.02. The first-order valence-electron chi connectivity index (χ1n) is 5.57. The summed E-state index contributed by atoms with van der Waals surface area (Å²) in [5.74, 6) is 0.274. The Bertz CT molecular complexity index is 490. The molecule has 0 atom stereocenters. The first-order chi connectivity index (χ1) is 7.77. The van der Waals surface area contributed by atoms with Gasteiger partial charge in [0.25, 0.3) is 0 Å². The average molecular weight is 219 g/mol. The van der Waals surface area contributed by atoms with Crippen LogP contribution in [0.15, 0.2) is 18.6 Å². The molecular formula is C12H17N3O. The topological polar surface area (TPSA) is 50.1 Å². The van der Waals surface area contributed by atoms with Gasteiger partial charge in [-0.05, 0) is 32.5 Å². The molecule has 0 unspecified atom stereocenters. The van der Waals surface area contributed by atoms with Crippen LogP contribution in [0.2, 0.25) is 0 Å². The number of aromatic hydroxyl groups is 1. The van der Waals surface area contributed by atoms with Crippen molar-refractivity contribution in [3.8, 4) is 5.75 Å². The van der Waals surface area contributed by atoms with Gasteiger partial charge in [-0.15, -0.1) is 0 Å². The van der Waals surface area contributed by atoms with Gasteiger partial charge in [0.05, 0.1) is 17.9 Å². The Morgan fingerprint density at radius 2 is 2.25 bits per heavy atom. The lowest BCUT2D eigenvalue weighted by Crippen LogP contribution is -2.10. The van der Waals surface area contributed by atoms with Crippen molar-refractivity contribution in [1.82, 2.24) is 14.9 Å². The van der Waals surface area contributed by atoms with Crippen molar-refractivity contribution in [1.29, 1.82) is 0 Å². The maximum Gasteiger partial charge on any atom is 0.143 e. The van der Waals surface area contributed by atoms with Crippen LogP contribution >= 0.6 is 0 Å². The molecule has 0 aliphatic heterocycles. The van der Waals surface area contributed by atoms with E-state index in [1.54, 1.807) is 6.20 Å². The van der Waals surface area contributed by atoms with Gasteiger partial charge in [0.1, 0.15) is 5.75 Å². The highest BCUT2D eigenvalue weighted by molar-refractivity contribution is 5.88. The maximum absolute atomic E-state index is 9.86. The van der Waals surface area contributed by atoms with Crippen LogP contribution in [0, 0.1) is 0 Å². The van der Waals surface area contributed by atoms with Crippen LogP contribution in [0.5, 0.6) is 5.75 Å². The van der Waals surface area contributed by atoms with E-state index >= 15 is 0 Å². The molecule has 0 spiro atoms. The number of rotatable bonds is 4. The maximum atomic E-state index is 9.86. The quantitative estimate of drug-likeness (QED) is 0.819. The minimum absolute atomic E-state index is 0.274. The monoisotopic (exact) mass is 219 g/mol. The first kappa shape index (κ1) is 11.0. The van der Waals surface area contributed by atoms with Crippen molar-refractivity contribution in [2.45, 2.75) is 19.9 Å². The van der Waals surface area contributed by atoms with Gasteiger partial charge in [-0.25, -0.2) is 0 Å². The highest BCUT2D eigenvalue weighted by Crippen LogP contribution is 2.28. The third-order valence-corrected chi connectivity index (χ3v) is 2.83. The van der Waals surface area contributed by atoms with E-state index in [4.69, 9.17) is 0 Å². The lowest BCUT2D eigenvalue weighted by atomic mass is 10.1. The van der Waals surface area contributed by atoms with Crippen LogP contribution < -0.4 is 5.32 Å². The van der Waals surface area contributed by atoms with E-state index in [1.165, 1.54) is 11.8 Å². The summed E-state index contributed by atoms with van der Waals surface area (Å²) in [4.78, 5) is 4.03. The van der Waals surface area contributed by atoms with Gasteiger partial charge in [-0.3, -0.25) is 4.98 Å². The zero-order valence-electron chi connectivity index (χ0n) is 9.70. The summed E-state index contributed by atoms with van der Waals surface area (Å²) in [5, 5.41) is 13.9. The fraction of sp³-hybridized carbons (Fsp3) is 0.417. The van der Waals surface area contributed by atoms with Gasteiger partial charge in [0.15, 0.2) is 0 Å². The molecule has 86 valence electrons. The minimum Gasteiger partial charge on any atom is -0.506 e. The molecule has 0 fully saturated rings. The molecule has 0 saturated carbocycles. The molecule has 2 heterocycles. The van der Waals surface area contributed by atoms with E-state index in [1.807, 2.05) is 7.05 Å². The Labute approximate surface area is 94.9 Å². The summed E-state index contributed by atoms with van der Waals surface area (Å²) < 4.78 is 2.12. The summed E-state index contributed by atoms with van der Waals surface area (Å²) in [6.45, 7) is 3.89. The molecule has 0 bridgehead atoms. The molecule has 2 rings (SSSR count). The van der Waals surface area contributed by atoms with Crippen molar-refractivity contribution in [3.63, 3.8) is 0 Å². The second-order valence-electron chi connectivity index (χ2n) is 3.85. The predicted molar refractivity (Wildman–Crippen MR) is 64.7 cm³/mol. The second-order valence-corrected chi connectivity index (χ2v) is 3.85. The van der Waals surface area contributed by atoms with Crippen LogP contribution in [-0.4, -0.2) is 28.3 Å². The number of hydrogen-bond donors (Lipinski definition) is 2. The summed E-state index contributed by atoms with van der Waals surface area (Å²) in [5.41, 5.74) is 2.18. The molecule has 0 radical (unpaired) electrons. The Kier molecular flexibility index (Phi) is 3.10. The number of hydrogen-bond acceptors (Lipinski definition) is 3. The molecule has 2 aromatic rings. The predicted octanol–water partition coefficient (Wildman–Crippen LogP) is 1.52. The van der Waals surface area contributed by atoms with Crippen LogP contribution in [0.1, 0.15) is 12.5 Å².